The molecule has 1 heterocycles. The van der Waals surface area contributed by atoms with Crippen LogP contribution in [0, 0.1) is 0 Å². The molecule has 0 saturated heterocycles. The van der Waals surface area contributed by atoms with E-state index in [-0.39, 0.29) is 18.0 Å². The number of rotatable bonds is 6. The number of carbonyl (C=O) groups is 1. The third-order valence-electron chi connectivity index (χ3n) is 6.87. The Morgan fingerprint density at radius 3 is 2.67 bits per heavy atom. The van der Waals surface area contributed by atoms with E-state index in [1.807, 2.05) is 18.2 Å². The maximum Gasteiger partial charge on any atom is 0.306 e. The van der Waals surface area contributed by atoms with Gasteiger partial charge in [-0.15, -0.1) is 0 Å². The Kier molecular flexibility index (Phi) is 5.84. The lowest BCUT2D eigenvalue weighted by Gasteiger charge is -2.18. The van der Waals surface area contributed by atoms with E-state index in [9.17, 15) is 4.79 Å². The molecule has 0 spiro atoms. The fourth-order valence-electron chi connectivity index (χ4n) is 5.18. The fourth-order valence-corrected chi connectivity index (χ4v) is 5.18. The Morgan fingerprint density at radius 1 is 1.03 bits per heavy atom. The Bertz CT molecular complexity index is 1180. The minimum absolute atomic E-state index is 0.0245. The average Bonchev–Trinajstić information content (AvgIpc) is 3.43. The molecule has 33 heavy (non-hydrogen) atoms. The summed E-state index contributed by atoms with van der Waals surface area (Å²) in [7, 11) is 1.42. The van der Waals surface area contributed by atoms with E-state index < -0.39 is 0 Å². The van der Waals surface area contributed by atoms with E-state index in [0.29, 0.717) is 18.9 Å². The van der Waals surface area contributed by atoms with Gasteiger partial charge in [0.15, 0.2) is 0 Å². The number of methoxy groups -OCH3 is 1. The number of esters is 1. The number of ether oxygens (including phenoxy) is 3. The van der Waals surface area contributed by atoms with Crippen molar-refractivity contribution in [3.8, 4) is 22.6 Å². The predicted molar refractivity (Wildman–Crippen MR) is 129 cm³/mol. The molecule has 2 aliphatic rings. The van der Waals surface area contributed by atoms with Gasteiger partial charge in [-0.1, -0.05) is 62.4 Å². The maximum absolute atomic E-state index is 11.7. The van der Waals surface area contributed by atoms with Crippen molar-refractivity contribution in [2.24, 2.45) is 0 Å². The molecule has 0 bridgehead atoms. The molecule has 0 N–H and O–H groups in total. The summed E-state index contributed by atoms with van der Waals surface area (Å²) in [6.07, 6.45) is 2.32. The molecular formula is C29H30O4. The van der Waals surface area contributed by atoms with Crippen LogP contribution in [0.25, 0.3) is 11.1 Å². The van der Waals surface area contributed by atoms with Crippen molar-refractivity contribution in [2.75, 3.05) is 13.7 Å². The van der Waals surface area contributed by atoms with Crippen LogP contribution in [0.15, 0.2) is 60.7 Å². The number of carbonyl (C=O) groups excluding carboxylic acids is 1. The molecular weight excluding hydrogens is 412 g/mol. The van der Waals surface area contributed by atoms with Crippen molar-refractivity contribution in [1.29, 1.82) is 0 Å². The van der Waals surface area contributed by atoms with E-state index in [4.69, 9.17) is 14.2 Å². The minimum atomic E-state index is -0.214. The highest BCUT2D eigenvalue weighted by molar-refractivity contribution is 5.73. The summed E-state index contributed by atoms with van der Waals surface area (Å²) in [5.74, 6) is 1.91. The predicted octanol–water partition coefficient (Wildman–Crippen LogP) is 6.58. The Labute approximate surface area is 195 Å². The molecule has 5 rings (SSSR count). The van der Waals surface area contributed by atoms with Crippen LogP contribution in [-0.2, 0) is 16.0 Å². The summed E-state index contributed by atoms with van der Waals surface area (Å²) in [6.45, 7) is 5.00. The zero-order valence-electron chi connectivity index (χ0n) is 19.5. The molecule has 0 radical (unpaired) electrons. The first kappa shape index (κ1) is 21.6. The zero-order chi connectivity index (χ0) is 22.9. The second-order valence-corrected chi connectivity index (χ2v) is 9.25. The van der Waals surface area contributed by atoms with Gasteiger partial charge >= 0.3 is 5.97 Å². The minimum Gasteiger partial charge on any atom is -0.492 e. The summed E-state index contributed by atoms with van der Waals surface area (Å²) in [5, 5.41) is 0. The third-order valence-corrected chi connectivity index (χ3v) is 6.87. The number of benzene rings is 3. The first-order valence-corrected chi connectivity index (χ1v) is 11.8. The summed E-state index contributed by atoms with van der Waals surface area (Å²) in [6, 6.07) is 21.3. The standard InChI is InChI=1S/C29H30O4/c1-18(2)21-7-4-5-8-23(21)24-9-6-10-26-25(24)13-14-27(26)33-20-11-12-22-19(15-29(30)31-3)17-32-28(22)16-20/h4-12,16,18-19,27H,13-15,17H2,1-3H3/t19-,27-/m1/s1. The quantitative estimate of drug-likeness (QED) is 0.404. The van der Waals surface area contributed by atoms with Gasteiger partial charge in [0.25, 0.3) is 0 Å². The molecule has 0 fully saturated rings. The van der Waals surface area contributed by atoms with E-state index >= 15 is 0 Å². The largest absolute Gasteiger partial charge is 0.492 e. The molecule has 1 aliphatic heterocycles. The highest BCUT2D eigenvalue weighted by atomic mass is 16.5. The van der Waals surface area contributed by atoms with E-state index in [1.165, 1.54) is 34.9 Å². The van der Waals surface area contributed by atoms with Gasteiger partial charge in [0.05, 0.1) is 20.1 Å². The van der Waals surface area contributed by atoms with Gasteiger partial charge in [-0.05, 0) is 52.6 Å². The van der Waals surface area contributed by atoms with Gasteiger partial charge in [0.1, 0.15) is 17.6 Å². The molecule has 2 atom stereocenters. The van der Waals surface area contributed by atoms with Gasteiger partial charge < -0.3 is 14.2 Å². The van der Waals surface area contributed by atoms with Crippen molar-refractivity contribution >= 4 is 5.97 Å². The second kappa shape index (κ2) is 8.93. The van der Waals surface area contributed by atoms with Crippen molar-refractivity contribution in [3.63, 3.8) is 0 Å². The molecule has 0 amide bonds. The van der Waals surface area contributed by atoms with E-state index in [1.54, 1.807) is 0 Å². The van der Waals surface area contributed by atoms with Gasteiger partial charge in [0.2, 0.25) is 0 Å². The second-order valence-electron chi connectivity index (χ2n) is 9.25. The molecule has 0 aromatic heterocycles. The van der Waals surface area contributed by atoms with Gasteiger partial charge in [-0.25, -0.2) is 0 Å². The molecule has 0 saturated carbocycles. The number of hydrogen-bond acceptors (Lipinski definition) is 4. The summed E-state index contributed by atoms with van der Waals surface area (Å²) in [5.41, 5.74) is 7.75. The zero-order valence-corrected chi connectivity index (χ0v) is 19.5. The normalized spacial score (nSPS) is 18.5. The number of fused-ring (bicyclic) bond motifs is 2. The maximum atomic E-state index is 11.7. The van der Waals surface area contributed by atoms with E-state index in [0.717, 1.165) is 29.9 Å². The SMILES string of the molecule is COC(=O)C[C@@H]1COc2cc(O[C@@H]3CCc4c(-c5ccccc5C(C)C)cccc43)ccc21. The Morgan fingerprint density at radius 2 is 1.85 bits per heavy atom. The van der Waals surface area contributed by atoms with E-state index in [2.05, 4.69) is 56.3 Å². The van der Waals surface area contributed by atoms with Crippen molar-refractivity contribution in [1.82, 2.24) is 0 Å². The fraction of sp³-hybridized carbons (Fsp3) is 0.345. The summed E-state index contributed by atoms with van der Waals surface area (Å²) >= 11 is 0. The molecule has 4 nitrogen and oxygen atoms in total. The van der Waals surface area contributed by atoms with Crippen molar-refractivity contribution in [2.45, 2.75) is 51.0 Å². The Hall–Kier alpha value is -3.27. The van der Waals surface area contributed by atoms with Gasteiger partial charge in [-0.2, -0.15) is 0 Å². The monoisotopic (exact) mass is 442 g/mol. The Balaban J connectivity index is 1.39. The number of hydrogen-bond donors (Lipinski definition) is 0. The highest BCUT2D eigenvalue weighted by Gasteiger charge is 2.30. The van der Waals surface area contributed by atoms with Gasteiger partial charge in [-0.3, -0.25) is 4.79 Å². The molecule has 3 aromatic rings. The summed E-state index contributed by atoms with van der Waals surface area (Å²) in [4.78, 5) is 11.7. The van der Waals surface area contributed by atoms with Crippen LogP contribution in [0.4, 0.5) is 0 Å². The van der Waals surface area contributed by atoms with Crippen molar-refractivity contribution in [3.05, 3.63) is 82.9 Å². The van der Waals surface area contributed by atoms with Gasteiger partial charge in [0, 0.05) is 17.5 Å². The van der Waals surface area contributed by atoms with Crippen LogP contribution < -0.4 is 9.47 Å². The molecule has 1 aliphatic carbocycles. The topological polar surface area (TPSA) is 44.8 Å². The first-order chi connectivity index (χ1) is 16.0. The lowest BCUT2D eigenvalue weighted by molar-refractivity contribution is -0.141. The highest BCUT2D eigenvalue weighted by Crippen LogP contribution is 2.43. The van der Waals surface area contributed by atoms with Crippen LogP contribution in [0.5, 0.6) is 11.5 Å². The molecule has 4 heteroatoms. The average molecular weight is 443 g/mol. The van der Waals surface area contributed by atoms with Crippen LogP contribution in [0.1, 0.15) is 66.9 Å². The lowest BCUT2D eigenvalue weighted by atomic mass is 9.89. The first-order valence-electron chi connectivity index (χ1n) is 11.8. The smallest absolute Gasteiger partial charge is 0.306 e. The van der Waals surface area contributed by atoms with Crippen LogP contribution in [0.2, 0.25) is 0 Å². The van der Waals surface area contributed by atoms with Crippen LogP contribution in [0.3, 0.4) is 0 Å². The summed E-state index contributed by atoms with van der Waals surface area (Å²) < 4.78 is 17.1. The third kappa shape index (κ3) is 4.10. The van der Waals surface area contributed by atoms with Crippen LogP contribution in [-0.4, -0.2) is 19.7 Å². The lowest BCUT2D eigenvalue weighted by Crippen LogP contribution is -2.09. The molecule has 0 unspecified atom stereocenters. The van der Waals surface area contributed by atoms with Crippen LogP contribution >= 0.6 is 0 Å². The van der Waals surface area contributed by atoms with Crippen molar-refractivity contribution < 1.29 is 19.0 Å². The molecule has 3 aromatic carbocycles. The molecule has 170 valence electrons.